The number of hydrogen-bond acceptors (Lipinski definition) is 3. The number of methoxy groups -OCH3 is 1. The molecule has 6 heteroatoms. The molecule has 0 aliphatic rings. The summed E-state index contributed by atoms with van der Waals surface area (Å²) in [5.74, 6) is 1.85. The zero-order chi connectivity index (χ0) is 14.7. The van der Waals surface area contributed by atoms with Crippen molar-refractivity contribution in [3.8, 4) is 23.3 Å². The number of benzene rings is 2. The van der Waals surface area contributed by atoms with E-state index < -0.39 is 0 Å². The van der Waals surface area contributed by atoms with Crippen LogP contribution in [0.2, 0.25) is 5.02 Å². The minimum atomic E-state index is 0.355. The Balaban J connectivity index is 2.33. The summed E-state index contributed by atoms with van der Waals surface area (Å²) in [4.78, 5) is 0. The van der Waals surface area contributed by atoms with Crippen LogP contribution in [0.4, 0.5) is 0 Å². The van der Waals surface area contributed by atoms with Crippen molar-refractivity contribution >= 4 is 43.5 Å². The fourth-order valence-electron chi connectivity index (χ4n) is 1.52. The highest BCUT2D eigenvalue weighted by molar-refractivity contribution is 9.11. The van der Waals surface area contributed by atoms with Gasteiger partial charge in [0.05, 0.1) is 26.6 Å². The number of hydrogen-bond donors (Lipinski definition) is 0. The fraction of sp³-hybridized carbons (Fsp3) is 0.0714. The molecule has 0 unspecified atom stereocenters. The van der Waals surface area contributed by atoms with E-state index in [1.165, 1.54) is 0 Å². The molecule has 0 fully saturated rings. The molecule has 2 aromatic carbocycles. The van der Waals surface area contributed by atoms with Crippen LogP contribution in [-0.2, 0) is 0 Å². The van der Waals surface area contributed by atoms with Gasteiger partial charge in [-0.15, -0.1) is 0 Å². The number of halogens is 3. The zero-order valence-electron chi connectivity index (χ0n) is 10.3. The Morgan fingerprint density at radius 3 is 2.35 bits per heavy atom. The Morgan fingerprint density at radius 2 is 1.75 bits per heavy atom. The van der Waals surface area contributed by atoms with E-state index in [0.29, 0.717) is 27.8 Å². The molecular weight excluding hydrogens is 409 g/mol. The first kappa shape index (κ1) is 15.2. The molecule has 0 aliphatic heterocycles. The molecule has 0 N–H and O–H groups in total. The highest BCUT2D eigenvalue weighted by atomic mass is 79.9. The van der Waals surface area contributed by atoms with Gasteiger partial charge in [0.2, 0.25) is 0 Å². The first-order valence-electron chi connectivity index (χ1n) is 5.45. The summed E-state index contributed by atoms with van der Waals surface area (Å²) < 4.78 is 12.5. The number of ether oxygens (including phenoxy) is 2. The molecule has 2 aromatic rings. The van der Waals surface area contributed by atoms with Gasteiger partial charge in [-0.2, -0.15) is 5.26 Å². The molecule has 0 heterocycles. The Hall–Kier alpha value is -1.22. The summed E-state index contributed by atoms with van der Waals surface area (Å²) >= 11 is 12.8. The first-order valence-corrected chi connectivity index (χ1v) is 7.42. The molecule has 0 saturated carbocycles. The second kappa shape index (κ2) is 6.49. The van der Waals surface area contributed by atoms with Gasteiger partial charge in [0.25, 0.3) is 0 Å². The Labute approximate surface area is 138 Å². The van der Waals surface area contributed by atoms with Gasteiger partial charge < -0.3 is 9.47 Å². The van der Waals surface area contributed by atoms with Crippen molar-refractivity contribution < 1.29 is 9.47 Å². The second-order valence-corrected chi connectivity index (χ2v) is 5.89. The Morgan fingerprint density at radius 1 is 1.10 bits per heavy atom. The van der Waals surface area contributed by atoms with E-state index in [2.05, 4.69) is 31.9 Å². The van der Waals surface area contributed by atoms with Gasteiger partial charge in [-0.3, -0.25) is 0 Å². The smallest absolute Gasteiger partial charge is 0.143 e. The minimum Gasteiger partial charge on any atom is -0.496 e. The lowest BCUT2D eigenvalue weighted by atomic mass is 10.2. The van der Waals surface area contributed by atoms with Crippen molar-refractivity contribution in [3.05, 3.63) is 49.9 Å². The molecule has 0 saturated heterocycles. The third-order valence-electron chi connectivity index (χ3n) is 2.50. The van der Waals surface area contributed by atoms with Crippen LogP contribution >= 0.6 is 43.5 Å². The van der Waals surface area contributed by atoms with Crippen LogP contribution in [0.25, 0.3) is 0 Å². The van der Waals surface area contributed by atoms with E-state index >= 15 is 0 Å². The molecule has 3 nitrogen and oxygen atoms in total. The van der Waals surface area contributed by atoms with Crippen LogP contribution in [0.15, 0.2) is 39.3 Å². The van der Waals surface area contributed by atoms with Gasteiger partial charge in [0.1, 0.15) is 23.3 Å². The topological polar surface area (TPSA) is 42.2 Å². The lowest BCUT2D eigenvalue weighted by Gasteiger charge is -2.11. The summed E-state index contributed by atoms with van der Waals surface area (Å²) in [6, 6.07) is 10.5. The second-order valence-electron chi connectivity index (χ2n) is 3.77. The first-order chi connectivity index (χ1) is 9.55. The van der Waals surface area contributed by atoms with Gasteiger partial charge in [-0.25, -0.2) is 0 Å². The highest BCUT2D eigenvalue weighted by Gasteiger charge is 2.10. The van der Waals surface area contributed by atoms with E-state index in [9.17, 15) is 0 Å². The summed E-state index contributed by atoms with van der Waals surface area (Å²) in [6.45, 7) is 0. The van der Waals surface area contributed by atoms with E-state index in [0.717, 1.165) is 8.95 Å². The molecule has 20 heavy (non-hydrogen) atoms. The SMILES string of the molecule is COc1cc(Br)c(Oc2ccc(C#N)c(Cl)c2)cc1Br. The largest absolute Gasteiger partial charge is 0.496 e. The van der Waals surface area contributed by atoms with Gasteiger partial charge in [-0.1, -0.05) is 11.6 Å². The maximum Gasteiger partial charge on any atom is 0.143 e. The van der Waals surface area contributed by atoms with Crippen molar-refractivity contribution in [2.45, 2.75) is 0 Å². The molecular formula is C14H8Br2ClNO2. The van der Waals surface area contributed by atoms with Crippen molar-refractivity contribution in [1.29, 1.82) is 5.26 Å². The molecule has 102 valence electrons. The van der Waals surface area contributed by atoms with Crippen molar-refractivity contribution in [3.63, 3.8) is 0 Å². The molecule has 0 radical (unpaired) electrons. The minimum absolute atomic E-state index is 0.355. The van der Waals surface area contributed by atoms with E-state index in [4.69, 9.17) is 26.3 Å². The average molecular weight is 417 g/mol. The van der Waals surface area contributed by atoms with Crippen molar-refractivity contribution in [1.82, 2.24) is 0 Å². The molecule has 0 amide bonds. The number of nitrogens with zero attached hydrogens (tertiary/aromatic N) is 1. The maximum absolute atomic E-state index is 8.83. The maximum atomic E-state index is 8.83. The predicted octanol–water partition coefficient (Wildman–Crippen LogP) is 5.54. The van der Waals surface area contributed by atoms with Crippen LogP contribution in [0, 0.1) is 11.3 Å². The average Bonchev–Trinajstić information content (AvgIpc) is 2.42. The Kier molecular flexibility index (Phi) is 4.92. The molecule has 0 bridgehead atoms. The predicted molar refractivity (Wildman–Crippen MR) is 84.6 cm³/mol. The third-order valence-corrected chi connectivity index (χ3v) is 4.05. The van der Waals surface area contributed by atoms with Gasteiger partial charge in [-0.05, 0) is 56.1 Å². The van der Waals surface area contributed by atoms with Crippen LogP contribution < -0.4 is 9.47 Å². The zero-order valence-corrected chi connectivity index (χ0v) is 14.2. The molecule has 2 rings (SSSR count). The van der Waals surface area contributed by atoms with Crippen molar-refractivity contribution in [2.75, 3.05) is 7.11 Å². The number of rotatable bonds is 3. The summed E-state index contributed by atoms with van der Waals surface area (Å²) in [5.41, 5.74) is 0.411. The van der Waals surface area contributed by atoms with Gasteiger partial charge in [0, 0.05) is 6.07 Å². The molecule has 0 aliphatic carbocycles. The third kappa shape index (κ3) is 3.26. The van der Waals surface area contributed by atoms with E-state index in [1.807, 2.05) is 6.07 Å². The van der Waals surface area contributed by atoms with Crippen LogP contribution in [0.1, 0.15) is 5.56 Å². The fourth-order valence-corrected chi connectivity index (χ4v) is 2.62. The molecule has 0 spiro atoms. The van der Waals surface area contributed by atoms with Crippen molar-refractivity contribution in [2.24, 2.45) is 0 Å². The Bertz CT molecular complexity index is 698. The quantitative estimate of drug-likeness (QED) is 0.659. The monoisotopic (exact) mass is 415 g/mol. The molecule has 0 atom stereocenters. The van der Waals surface area contributed by atoms with Crippen LogP contribution in [0.3, 0.4) is 0 Å². The summed E-state index contributed by atoms with van der Waals surface area (Å²) in [5, 5.41) is 9.19. The molecule has 0 aromatic heterocycles. The summed E-state index contributed by atoms with van der Waals surface area (Å²) in [7, 11) is 1.59. The lowest BCUT2D eigenvalue weighted by molar-refractivity contribution is 0.409. The standard InChI is InChI=1S/C14H8Br2ClNO2/c1-19-13-5-11(16)14(6-10(13)15)20-9-3-2-8(7-18)12(17)4-9/h2-6H,1H3. The normalized spacial score (nSPS) is 9.95. The van der Waals surface area contributed by atoms with Gasteiger partial charge >= 0.3 is 0 Å². The lowest BCUT2D eigenvalue weighted by Crippen LogP contribution is -1.90. The van der Waals surface area contributed by atoms with Crippen LogP contribution in [0.5, 0.6) is 17.2 Å². The van der Waals surface area contributed by atoms with Gasteiger partial charge in [0.15, 0.2) is 0 Å². The van der Waals surface area contributed by atoms with E-state index in [1.54, 1.807) is 37.4 Å². The van der Waals surface area contributed by atoms with E-state index in [-0.39, 0.29) is 0 Å². The summed E-state index contributed by atoms with van der Waals surface area (Å²) in [6.07, 6.45) is 0. The number of nitriles is 1. The highest BCUT2D eigenvalue weighted by Crippen LogP contribution is 2.38. The van der Waals surface area contributed by atoms with Crippen LogP contribution in [-0.4, -0.2) is 7.11 Å².